The quantitative estimate of drug-likeness (QED) is 0.506. The van der Waals surface area contributed by atoms with Crippen LogP contribution >= 0.6 is 11.8 Å². The van der Waals surface area contributed by atoms with E-state index in [0.717, 1.165) is 36.0 Å². The Balaban J connectivity index is 1.44. The first-order valence-corrected chi connectivity index (χ1v) is 11.0. The zero-order valence-electron chi connectivity index (χ0n) is 16.5. The third-order valence-electron chi connectivity index (χ3n) is 6.28. The minimum absolute atomic E-state index is 0.0916. The molecule has 5 rings (SSSR count). The van der Waals surface area contributed by atoms with Crippen LogP contribution in [-0.2, 0) is 4.79 Å². The highest BCUT2D eigenvalue weighted by molar-refractivity contribution is 8.04. The fraction of sp³-hybridized carbons (Fsp3) is 0.273. The summed E-state index contributed by atoms with van der Waals surface area (Å²) >= 11 is 1.40. The maximum absolute atomic E-state index is 15.1. The average Bonchev–Trinajstić information content (AvgIpc) is 2.74. The molecule has 154 valence electrons. The van der Waals surface area contributed by atoms with E-state index in [4.69, 9.17) is 0 Å². The number of carboxylic acid groups (broad SMARTS) is 1. The molecule has 2 aromatic rings. The lowest BCUT2D eigenvalue weighted by Gasteiger charge is -2.39. The van der Waals surface area contributed by atoms with Crippen molar-refractivity contribution >= 4 is 40.6 Å². The molecule has 6 nitrogen and oxygen atoms in total. The molecule has 0 amide bonds. The predicted molar refractivity (Wildman–Crippen MR) is 110 cm³/mol. The minimum Gasteiger partial charge on any atom is -0.477 e. The van der Waals surface area contributed by atoms with Crippen molar-refractivity contribution in [3.05, 3.63) is 64.4 Å². The van der Waals surface area contributed by atoms with E-state index >= 15 is 4.39 Å². The van der Waals surface area contributed by atoms with Crippen molar-refractivity contribution < 1.29 is 33.8 Å². The van der Waals surface area contributed by atoms with Crippen molar-refractivity contribution in [2.45, 2.75) is 12.3 Å². The number of hydrogen-bond donors (Lipinski definition) is 4. The highest BCUT2D eigenvalue weighted by atomic mass is 32.2. The maximum atomic E-state index is 15.1. The van der Waals surface area contributed by atoms with E-state index in [1.807, 2.05) is 25.1 Å². The number of carbonyl (C=O) groups is 2. The highest BCUT2D eigenvalue weighted by Gasteiger charge is 2.51. The number of para-hydroxylation sites is 1. The normalized spacial score (nSPS) is 27.9. The minimum atomic E-state index is -1.24. The molecule has 0 aromatic heterocycles. The van der Waals surface area contributed by atoms with Gasteiger partial charge in [-0.3, -0.25) is 19.5 Å². The van der Waals surface area contributed by atoms with Gasteiger partial charge in [0.2, 0.25) is 5.78 Å². The Bertz CT molecular complexity index is 1080. The summed E-state index contributed by atoms with van der Waals surface area (Å²) in [5.41, 5.74) is 2.48. The first-order valence-electron chi connectivity index (χ1n) is 10.1. The van der Waals surface area contributed by atoms with Crippen molar-refractivity contribution in [3.63, 3.8) is 0 Å². The summed E-state index contributed by atoms with van der Waals surface area (Å²) in [7, 11) is 0. The van der Waals surface area contributed by atoms with Crippen LogP contribution in [0.25, 0.3) is 0 Å². The Kier molecular flexibility index (Phi) is 4.74. The number of ketones is 1. The first-order chi connectivity index (χ1) is 14.5. The van der Waals surface area contributed by atoms with Gasteiger partial charge in [-0.1, -0.05) is 18.2 Å². The molecule has 4 N–H and O–H groups in total. The number of carboxylic acids is 1. The summed E-state index contributed by atoms with van der Waals surface area (Å²) in [6, 6.07) is 13.3. The number of Topliss-reactive ketones (excluding diaryl/α,β-unsaturated/α-hetero) is 1. The van der Waals surface area contributed by atoms with Crippen LogP contribution in [0.5, 0.6) is 0 Å². The number of nitrogens with one attached hydrogen (secondary N) is 3. The lowest BCUT2D eigenvalue weighted by atomic mass is 9.96. The van der Waals surface area contributed by atoms with Gasteiger partial charge < -0.3 is 5.11 Å². The number of hydrogen-bond acceptors (Lipinski definition) is 3. The van der Waals surface area contributed by atoms with Crippen LogP contribution in [0.4, 0.5) is 21.5 Å². The number of carbonyl (C=O) groups excluding carboxylic acids is 1. The van der Waals surface area contributed by atoms with Gasteiger partial charge in [0, 0.05) is 0 Å². The van der Waals surface area contributed by atoms with E-state index in [0.29, 0.717) is 16.4 Å². The van der Waals surface area contributed by atoms with Crippen LogP contribution in [0.2, 0.25) is 0 Å². The molecule has 0 aliphatic carbocycles. The summed E-state index contributed by atoms with van der Waals surface area (Å²) in [6.07, 6.45) is 0. The molecule has 2 atom stereocenters. The number of aliphatic carboxylic acids is 1. The number of halogens is 1. The highest BCUT2D eigenvalue weighted by Crippen LogP contribution is 2.37. The van der Waals surface area contributed by atoms with Crippen LogP contribution < -0.4 is 14.7 Å². The Labute approximate surface area is 177 Å². The molecular formula is C22H23FN3O3S+3. The zero-order valence-corrected chi connectivity index (χ0v) is 17.3. The van der Waals surface area contributed by atoms with Crippen molar-refractivity contribution in [3.8, 4) is 0 Å². The van der Waals surface area contributed by atoms with Crippen LogP contribution in [0.1, 0.15) is 17.3 Å². The molecule has 0 spiro atoms. The molecule has 2 aromatic carbocycles. The van der Waals surface area contributed by atoms with Gasteiger partial charge in [-0.2, -0.15) is 0 Å². The molecule has 0 radical (unpaired) electrons. The summed E-state index contributed by atoms with van der Waals surface area (Å²) in [5.74, 6) is -2.27. The van der Waals surface area contributed by atoms with Crippen molar-refractivity contribution in [1.82, 2.24) is 0 Å². The molecule has 8 heteroatoms. The number of piperazine rings is 1. The molecule has 2 unspecified atom stereocenters. The van der Waals surface area contributed by atoms with Crippen LogP contribution in [0.15, 0.2) is 53.1 Å². The third-order valence-corrected chi connectivity index (χ3v) is 7.52. The molecule has 2 fully saturated rings. The second-order valence-corrected chi connectivity index (χ2v) is 9.31. The molecule has 3 aliphatic rings. The monoisotopic (exact) mass is 428 g/mol. The summed E-state index contributed by atoms with van der Waals surface area (Å²) in [4.78, 5) is 27.7. The molecular weight excluding hydrogens is 405 g/mol. The molecule has 0 saturated carbocycles. The Hall–Kier alpha value is -2.52. The number of thioether (sulfide) groups is 1. The smallest absolute Gasteiger partial charge is 0.346 e. The van der Waals surface area contributed by atoms with E-state index in [1.165, 1.54) is 28.4 Å². The van der Waals surface area contributed by atoms with Crippen molar-refractivity contribution in [1.29, 1.82) is 0 Å². The van der Waals surface area contributed by atoms with Crippen LogP contribution in [0.3, 0.4) is 0 Å². The van der Waals surface area contributed by atoms with Gasteiger partial charge in [0.1, 0.15) is 31.9 Å². The van der Waals surface area contributed by atoms with Crippen molar-refractivity contribution in [2.24, 2.45) is 0 Å². The van der Waals surface area contributed by atoms with E-state index < -0.39 is 17.6 Å². The van der Waals surface area contributed by atoms with Gasteiger partial charge >= 0.3 is 5.97 Å². The largest absolute Gasteiger partial charge is 0.477 e. The SMILES string of the molecule is CC1SC2=C(C(=O)O)C(=O)c3cc(F)c([NH+]4CC[NH+](c5ccccc5)CC4)cc3[NH+]21. The third kappa shape index (κ3) is 2.99. The van der Waals surface area contributed by atoms with Crippen molar-refractivity contribution in [2.75, 3.05) is 26.2 Å². The molecule has 0 bridgehead atoms. The molecule has 2 saturated heterocycles. The first kappa shape index (κ1) is 19.4. The average molecular weight is 429 g/mol. The zero-order chi connectivity index (χ0) is 21.0. The van der Waals surface area contributed by atoms with Gasteiger partial charge in [-0.25, -0.2) is 9.18 Å². The van der Waals surface area contributed by atoms with Gasteiger partial charge in [-0.15, -0.1) is 0 Å². The number of rotatable bonds is 3. The van der Waals surface area contributed by atoms with Gasteiger partial charge in [0.05, 0.1) is 11.6 Å². The predicted octanol–water partition coefficient (Wildman–Crippen LogP) is -0.326. The fourth-order valence-corrected chi connectivity index (χ4v) is 5.97. The number of quaternary nitrogens is 3. The Morgan fingerprint density at radius 3 is 2.37 bits per heavy atom. The van der Waals surface area contributed by atoms with E-state index in [2.05, 4.69) is 12.1 Å². The molecule has 3 heterocycles. The summed E-state index contributed by atoms with van der Waals surface area (Å²) in [6.45, 7) is 5.35. The second kappa shape index (κ2) is 7.31. The number of benzene rings is 2. The lowest BCUT2D eigenvalue weighted by Crippen LogP contribution is -3.24. The Morgan fingerprint density at radius 1 is 1.07 bits per heavy atom. The van der Waals surface area contributed by atoms with E-state index in [-0.39, 0.29) is 16.5 Å². The molecule has 30 heavy (non-hydrogen) atoms. The van der Waals surface area contributed by atoms with Crippen LogP contribution in [-0.4, -0.2) is 48.4 Å². The summed E-state index contributed by atoms with van der Waals surface area (Å²) < 4.78 is 15.1. The van der Waals surface area contributed by atoms with E-state index in [1.54, 1.807) is 6.07 Å². The maximum Gasteiger partial charge on any atom is 0.346 e. The second-order valence-electron chi connectivity index (χ2n) is 7.96. The lowest BCUT2D eigenvalue weighted by molar-refractivity contribution is -0.952. The standard InChI is InChI=1S/C22H20FN3O3S/c1-13-26-17-12-18(25-9-7-24(8-10-25)14-5-3-2-4-6-14)16(23)11-15(17)20(27)19(22(28)29)21(26)30-13/h2-6,11-13H,7-10H2,1H3,(H,28,29)/p+3. The van der Waals surface area contributed by atoms with Gasteiger partial charge in [0.25, 0.3) is 0 Å². The Morgan fingerprint density at radius 2 is 1.73 bits per heavy atom. The summed E-state index contributed by atoms with van der Waals surface area (Å²) in [5, 5.41) is 10.1. The fourth-order valence-electron chi connectivity index (χ4n) is 4.73. The topological polar surface area (TPSA) is 67.7 Å². The van der Waals surface area contributed by atoms with Crippen LogP contribution in [0, 0.1) is 5.82 Å². The van der Waals surface area contributed by atoms with E-state index in [9.17, 15) is 14.7 Å². The number of fused-ring (bicyclic) bond motifs is 3. The molecule has 3 aliphatic heterocycles. The van der Waals surface area contributed by atoms with Gasteiger partial charge in [0.15, 0.2) is 33.2 Å². The van der Waals surface area contributed by atoms with Gasteiger partial charge in [-0.05, 0) is 36.9 Å².